The SMILES string of the molecule is C[C@@H](Nc1ncccc1C#N)c1ccc(N2CCN(C)CC2)c(F)c1. The molecule has 2 aromatic rings. The molecular formula is C19H22FN5. The number of benzene rings is 1. The van der Waals surface area contributed by atoms with Crippen LogP contribution in [0.2, 0.25) is 0 Å². The van der Waals surface area contributed by atoms with Gasteiger partial charge in [0, 0.05) is 32.4 Å². The number of anilines is 2. The van der Waals surface area contributed by atoms with Crippen molar-refractivity contribution in [3.8, 4) is 6.07 Å². The minimum atomic E-state index is -0.211. The van der Waals surface area contributed by atoms with Gasteiger partial charge >= 0.3 is 0 Å². The van der Waals surface area contributed by atoms with E-state index in [4.69, 9.17) is 5.26 Å². The largest absolute Gasteiger partial charge is 0.367 e. The van der Waals surface area contributed by atoms with Crippen LogP contribution < -0.4 is 10.2 Å². The van der Waals surface area contributed by atoms with Gasteiger partial charge in [-0.05, 0) is 43.8 Å². The van der Waals surface area contributed by atoms with Gasteiger partial charge in [-0.1, -0.05) is 6.07 Å². The first-order valence-electron chi connectivity index (χ1n) is 8.43. The van der Waals surface area contributed by atoms with E-state index in [-0.39, 0.29) is 11.9 Å². The molecule has 3 rings (SSSR count). The zero-order valence-electron chi connectivity index (χ0n) is 14.5. The second kappa shape index (κ2) is 7.49. The molecule has 1 aromatic carbocycles. The molecule has 0 bridgehead atoms. The Labute approximate surface area is 147 Å². The third-order valence-corrected chi connectivity index (χ3v) is 4.60. The standard InChI is InChI=1S/C19H22FN5/c1-14(23-19-16(13-21)4-3-7-22-19)15-5-6-18(17(20)12-15)25-10-8-24(2)9-11-25/h3-7,12,14H,8-11H2,1-2H3,(H,22,23)/t14-/m1/s1. The summed E-state index contributed by atoms with van der Waals surface area (Å²) < 4.78 is 14.6. The fourth-order valence-electron chi connectivity index (χ4n) is 3.00. The molecule has 1 fully saturated rings. The average Bonchev–Trinajstić information content (AvgIpc) is 2.63. The highest BCUT2D eigenvalue weighted by atomic mass is 19.1. The number of hydrogen-bond donors (Lipinski definition) is 1. The first-order chi connectivity index (χ1) is 12.1. The predicted octanol–water partition coefficient (Wildman–Crippen LogP) is 3.02. The van der Waals surface area contributed by atoms with E-state index in [1.807, 2.05) is 19.1 Å². The highest BCUT2D eigenvalue weighted by molar-refractivity contribution is 5.54. The van der Waals surface area contributed by atoms with Crippen LogP contribution in [0.4, 0.5) is 15.9 Å². The third-order valence-electron chi connectivity index (χ3n) is 4.60. The van der Waals surface area contributed by atoms with E-state index in [0.717, 1.165) is 31.7 Å². The molecular weight excluding hydrogens is 317 g/mol. The summed E-state index contributed by atoms with van der Waals surface area (Å²) in [7, 11) is 2.08. The Kier molecular flexibility index (Phi) is 5.15. The highest BCUT2D eigenvalue weighted by Crippen LogP contribution is 2.26. The molecule has 130 valence electrons. The fourth-order valence-corrected chi connectivity index (χ4v) is 3.00. The van der Waals surface area contributed by atoms with Crippen molar-refractivity contribution in [2.75, 3.05) is 43.4 Å². The lowest BCUT2D eigenvalue weighted by Gasteiger charge is -2.34. The van der Waals surface area contributed by atoms with Crippen molar-refractivity contribution in [2.24, 2.45) is 0 Å². The van der Waals surface area contributed by atoms with E-state index in [9.17, 15) is 4.39 Å². The van der Waals surface area contributed by atoms with Crippen molar-refractivity contribution >= 4 is 11.5 Å². The smallest absolute Gasteiger partial charge is 0.146 e. The van der Waals surface area contributed by atoms with Crippen LogP contribution in [0.5, 0.6) is 0 Å². The lowest BCUT2D eigenvalue weighted by atomic mass is 10.1. The third kappa shape index (κ3) is 3.89. The molecule has 0 aliphatic carbocycles. The van der Waals surface area contributed by atoms with E-state index in [0.29, 0.717) is 17.1 Å². The topological polar surface area (TPSA) is 55.2 Å². The van der Waals surface area contributed by atoms with Gasteiger partial charge in [0.25, 0.3) is 0 Å². The number of nitrogens with one attached hydrogen (secondary N) is 1. The van der Waals surface area contributed by atoms with E-state index in [1.54, 1.807) is 24.4 Å². The lowest BCUT2D eigenvalue weighted by molar-refractivity contribution is 0.311. The highest BCUT2D eigenvalue weighted by Gasteiger charge is 2.18. The summed E-state index contributed by atoms with van der Waals surface area (Å²) in [5.41, 5.74) is 1.95. The number of likely N-dealkylation sites (N-methyl/N-ethyl adjacent to an activating group) is 1. The molecule has 0 amide bonds. The van der Waals surface area contributed by atoms with Gasteiger partial charge < -0.3 is 15.1 Å². The molecule has 2 heterocycles. The normalized spacial score (nSPS) is 16.3. The van der Waals surface area contributed by atoms with Gasteiger partial charge in [0.15, 0.2) is 0 Å². The van der Waals surface area contributed by atoms with Gasteiger partial charge in [-0.15, -0.1) is 0 Å². The Morgan fingerprint density at radius 2 is 2.00 bits per heavy atom. The van der Waals surface area contributed by atoms with E-state index in [1.165, 1.54) is 0 Å². The maximum absolute atomic E-state index is 14.6. The molecule has 1 atom stereocenters. The number of nitrogens with zero attached hydrogens (tertiary/aromatic N) is 4. The average molecular weight is 339 g/mol. The van der Waals surface area contributed by atoms with Gasteiger partial charge in [0.1, 0.15) is 17.7 Å². The molecule has 0 saturated carbocycles. The monoisotopic (exact) mass is 339 g/mol. The van der Waals surface area contributed by atoms with Crippen molar-refractivity contribution in [3.63, 3.8) is 0 Å². The van der Waals surface area contributed by atoms with Crippen molar-refractivity contribution in [2.45, 2.75) is 13.0 Å². The van der Waals surface area contributed by atoms with Gasteiger partial charge in [0.05, 0.1) is 17.3 Å². The molecule has 0 radical (unpaired) electrons. The number of nitriles is 1. The first kappa shape index (κ1) is 17.2. The lowest BCUT2D eigenvalue weighted by Crippen LogP contribution is -2.44. The van der Waals surface area contributed by atoms with Gasteiger partial charge in [0.2, 0.25) is 0 Å². The fraction of sp³-hybridized carbons (Fsp3) is 0.368. The molecule has 1 saturated heterocycles. The zero-order valence-corrected chi connectivity index (χ0v) is 14.5. The van der Waals surface area contributed by atoms with Crippen LogP contribution >= 0.6 is 0 Å². The van der Waals surface area contributed by atoms with Gasteiger partial charge in [-0.2, -0.15) is 5.26 Å². The quantitative estimate of drug-likeness (QED) is 0.928. The van der Waals surface area contributed by atoms with Crippen LogP contribution in [-0.2, 0) is 0 Å². The molecule has 25 heavy (non-hydrogen) atoms. The van der Waals surface area contributed by atoms with Gasteiger partial charge in [-0.25, -0.2) is 9.37 Å². The summed E-state index contributed by atoms with van der Waals surface area (Å²) in [6.45, 7) is 5.48. The van der Waals surface area contributed by atoms with Crippen molar-refractivity contribution in [1.82, 2.24) is 9.88 Å². The van der Waals surface area contributed by atoms with E-state index < -0.39 is 0 Å². The zero-order chi connectivity index (χ0) is 17.8. The number of rotatable bonds is 4. The first-order valence-corrected chi connectivity index (χ1v) is 8.43. The minimum Gasteiger partial charge on any atom is -0.367 e. The Bertz CT molecular complexity index is 778. The van der Waals surface area contributed by atoms with Gasteiger partial charge in [-0.3, -0.25) is 0 Å². The Morgan fingerprint density at radius 3 is 2.68 bits per heavy atom. The molecule has 6 heteroatoms. The number of aromatic nitrogens is 1. The summed E-state index contributed by atoms with van der Waals surface area (Å²) in [6, 6.07) is 10.7. The maximum atomic E-state index is 14.6. The summed E-state index contributed by atoms with van der Waals surface area (Å²) in [6.07, 6.45) is 1.63. The predicted molar refractivity (Wildman–Crippen MR) is 97.1 cm³/mol. The Morgan fingerprint density at radius 1 is 1.24 bits per heavy atom. The molecule has 1 N–H and O–H groups in total. The Hall–Kier alpha value is -2.65. The van der Waals surface area contributed by atoms with Crippen molar-refractivity contribution < 1.29 is 4.39 Å². The van der Waals surface area contributed by atoms with E-state index in [2.05, 4.69) is 33.2 Å². The van der Waals surface area contributed by atoms with Crippen LogP contribution in [0, 0.1) is 17.1 Å². The molecule has 1 aliphatic heterocycles. The van der Waals surface area contributed by atoms with Crippen LogP contribution in [0.3, 0.4) is 0 Å². The molecule has 0 unspecified atom stereocenters. The number of piperazine rings is 1. The second-order valence-electron chi connectivity index (χ2n) is 6.38. The minimum absolute atomic E-state index is 0.155. The molecule has 1 aromatic heterocycles. The molecule has 1 aliphatic rings. The number of hydrogen-bond acceptors (Lipinski definition) is 5. The maximum Gasteiger partial charge on any atom is 0.146 e. The summed E-state index contributed by atoms with van der Waals surface area (Å²) in [4.78, 5) is 8.53. The molecule has 0 spiro atoms. The van der Waals surface area contributed by atoms with Crippen molar-refractivity contribution in [3.05, 3.63) is 53.5 Å². The van der Waals surface area contributed by atoms with Crippen LogP contribution in [0.1, 0.15) is 24.1 Å². The second-order valence-corrected chi connectivity index (χ2v) is 6.38. The Balaban J connectivity index is 1.75. The number of pyridine rings is 1. The van der Waals surface area contributed by atoms with E-state index >= 15 is 0 Å². The van der Waals surface area contributed by atoms with Crippen LogP contribution in [-0.4, -0.2) is 43.1 Å². The number of halogens is 1. The molecule has 5 nitrogen and oxygen atoms in total. The summed E-state index contributed by atoms with van der Waals surface area (Å²) in [5.74, 6) is 0.304. The van der Waals surface area contributed by atoms with Crippen molar-refractivity contribution in [1.29, 1.82) is 5.26 Å². The van der Waals surface area contributed by atoms with Crippen LogP contribution in [0.15, 0.2) is 36.5 Å². The van der Waals surface area contributed by atoms with Crippen LogP contribution in [0.25, 0.3) is 0 Å². The summed E-state index contributed by atoms with van der Waals surface area (Å²) >= 11 is 0. The summed E-state index contributed by atoms with van der Waals surface area (Å²) in [5, 5.41) is 12.3.